The van der Waals surface area contributed by atoms with Crippen LogP contribution >= 0.6 is 0 Å². The fourth-order valence-electron chi connectivity index (χ4n) is 3.56. The first-order valence-corrected chi connectivity index (χ1v) is 11.3. The lowest BCUT2D eigenvalue weighted by Gasteiger charge is -2.29. The molecule has 0 saturated carbocycles. The molecule has 0 aromatic heterocycles. The lowest BCUT2D eigenvalue weighted by Crippen LogP contribution is -2.33. The first kappa shape index (κ1) is 23.4. The topological polar surface area (TPSA) is 67.9 Å². The van der Waals surface area contributed by atoms with Gasteiger partial charge in [-0.3, -0.25) is 4.90 Å². The van der Waals surface area contributed by atoms with Crippen molar-refractivity contribution >= 4 is 10.0 Å². The first-order valence-electron chi connectivity index (χ1n) is 9.77. The Balaban J connectivity index is 1.55. The normalized spacial score (nSPS) is 14.9. The van der Waals surface area contributed by atoms with E-state index in [2.05, 4.69) is 9.62 Å². The van der Waals surface area contributed by atoms with Gasteiger partial charge in [0.2, 0.25) is 10.0 Å². The monoisotopic (exact) mass is 458 g/mol. The smallest absolute Gasteiger partial charge is 0.416 e. The Kier molecular flexibility index (Phi) is 7.13. The summed E-state index contributed by atoms with van der Waals surface area (Å²) in [7, 11) is -0.829. The molecule has 0 radical (unpaired) electrons. The van der Waals surface area contributed by atoms with Crippen molar-refractivity contribution in [1.29, 1.82) is 0 Å². The van der Waals surface area contributed by atoms with Gasteiger partial charge in [-0.25, -0.2) is 13.1 Å². The minimum Gasteiger partial charge on any atom is -0.493 e. The molecule has 0 amide bonds. The van der Waals surface area contributed by atoms with E-state index in [1.54, 1.807) is 14.2 Å². The van der Waals surface area contributed by atoms with Gasteiger partial charge in [0, 0.05) is 19.6 Å². The number of methoxy groups -OCH3 is 2. The number of rotatable bonds is 8. The van der Waals surface area contributed by atoms with E-state index in [-0.39, 0.29) is 6.54 Å². The summed E-state index contributed by atoms with van der Waals surface area (Å²) in [6.07, 6.45) is -3.23. The third-order valence-electron chi connectivity index (χ3n) is 5.21. The van der Waals surface area contributed by atoms with Crippen molar-refractivity contribution in [2.24, 2.45) is 0 Å². The van der Waals surface area contributed by atoms with Crippen LogP contribution in [0.3, 0.4) is 0 Å². The Morgan fingerprint density at radius 3 is 2.39 bits per heavy atom. The molecule has 6 nitrogen and oxygen atoms in total. The first-order chi connectivity index (χ1) is 14.6. The molecular formula is C21H25F3N2O4S. The average molecular weight is 459 g/mol. The van der Waals surface area contributed by atoms with Gasteiger partial charge in [0.1, 0.15) is 0 Å². The van der Waals surface area contributed by atoms with Crippen LogP contribution in [0.5, 0.6) is 11.5 Å². The van der Waals surface area contributed by atoms with Gasteiger partial charge in [-0.2, -0.15) is 13.2 Å². The van der Waals surface area contributed by atoms with Gasteiger partial charge in [0.15, 0.2) is 11.5 Å². The fourth-order valence-corrected chi connectivity index (χ4v) is 4.68. The number of benzene rings is 2. The van der Waals surface area contributed by atoms with Crippen LogP contribution in [-0.2, 0) is 29.2 Å². The molecule has 170 valence electrons. The van der Waals surface area contributed by atoms with Crippen molar-refractivity contribution < 1.29 is 31.1 Å². The number of nitrogens with zero attached hydrogens (tertiary/aromatic N) is 1. The highest BCUT2D eigenvalue weighted by Gasteiger charge is 2.31. The zero-order valence-corrected chi connectivity index (χ0v) is 18.1. The number of halogens is 3. The van der Waals surface area contributed by atoms with Gasteiger partial charge in [-0.1, -0.05) is 6.07 Å². The lowest BCUT2D eigenvalue weighted by molar-refractivity contribution is -0.137. The molecule has 31 heavy (non-hydrogen) atoms. The minimum absolute atomic E-state index is 0.133. The number of hydrogen-bond acceptors (Lipinski definition) is 5. The Hall–Kier alpha value is -2.30. The Bertz CT molecular complexity index is 1030. The van der Waals surface area contributed by atoms with Crippen LogP contribution in [0.2, 0.25) is 0 Å². The van der Waals surface area contributed by atoms with Crippen molar-refractivity contribution in [1.82, 2.24) is 9.62 Å². The minimum atomic E-state index is -4.59. The van der Waals surface area contributed by atoms with Gasteiger partial charge >= 0.3 is 6.18 Å². The van der Waals surface area contributed by atoms with Gasteiger partial charge in [0.25, 0.3) is 0 Å². The molecule has 0 unspecified atom stereocenters. The van der Waals surface area contributed by atoms with Crippen molar-refractivity contribution in [3.8, 4) is 11.5 Å². The van der Waals surface area contributed by atoms with E-state index in [1.807, 2.05) is 12.1 Å². The van der Waals surface area contributed by atoms with Crippen molar-refractivity contribution in [2.75, 3.05) is 33.9 Å². The van der Waals surface area contributed by atoms with Gasteiger partial charge < -0.3 is 9.47 Å². The van der Waals surface area contributed by atoms with Crippen LogP contribution in [0.15, 0.2) is 41.3 Å². The molecule has 0 fully saturated rings. The lowest BCUT2D eigenvalue weighted by atomic mass is 9.98. The summed E-state index contributed by atoms with van der Waals surface area (Å²) >= 11 is 0. The van der Waals surface area contributed by atoms with Crippen LogP contribution in [-0.4, -0.2) is 47.2 Å². The molecule has 1 aliphatic rings. The molecule has 10 heteroatoms. The summed E-state index contributed by atoms with van der Waals surface area (Å²) in [6.45, 7) is 2.31. The molecule has 1 heterocycles. The Labute approximate surface area is 180 Å². The largest absolute Gasteiger partial charge is 0.493 e. The van der Waals surface area contributed by atoms with E-state index in [1.165, 1.54) is 5.56 Å². The van der Waals surface area contributed by atoms with E-state index in [4.69, 9.17) is 9.47 Å². The zero-order chi connectivity index (χ0) is 22.6. The molecule has 0 atom stereocenters. The van der Waals surface area contributed by atoms with Gasteiger partial charge in [0.05, 0.1) is 24.7 Å². The molecule has 0 aliphatic carbocycles. The van der Waals surface area contributed by atoms with Gasteiger partial charge in [-0.05, 0) is 60.8 Å². The summed E-state index contributed by atoms with van der Waals surface area (Å²) in [4.78, 5) is 1.81. The van der Waals surface area contributed by atoms with Crippen molar-refractivity contribution in [2.45, 2.75) is 30.5 Å². The van der Waals surface area contributed by atoms with Crippen molar-refractivity contribution in [3.05, 3.63) is 53.1 Å². The summed E-state index contributed by atoms with van der Waals surface area (Å²) < 4.78 is 76.2. The fraction of sp³-hybridized carbons (Fsp3) is 0.429. The SMILES string of the molecule is COc1cc2c(cc1OC)CN(CCCNS(=O)(=O)c1cccc(C(F)(F)F)c1)CC2. The van der Waals surface area contributed by atoms with E-state index in [9.17, 15) is 21.6 Å². The van der Waals surface area contributed by atoms with E-state index in [0.717, 1.165) is 36.7 Å². The maximum atomic E-state index is 12.8. The van der Waals surface area contributed by atoms with Crippen LogP contribution < -0.4 is 14.2 Å². The van der Waals surface area contributed by atoms with Crippen LogP contribution in [0.4, 0.5) is 13.2 Å². The second-order valence-electron chi connectivity index (χ2n) is 7.28. The highest BCUT2D eigenvalue weighted by Crippen LogP contribution is 2.33. The van der Waals surface area contributed by atoms with Crippen molar-refractivity contribution in [3.63, 3.8) is 0 Å². The molecule has 2 aromatic rings. The number of sulfonamides is 1. The summed E-state index contributed by atoms with van der Waals surface area (Å²) in [5.41, 5.74) is 1.34. The number of fused-ring (bicyclic) bond motifs is 1. The Morgan fingerprint density at radius 1 is 1.06 bits per heavy atom. The van der Waals surface area contributed by atoms with Gasteiger partial charge in [-0.15, -0.1) is 0 Å². The molecule has 1 N–H and O–H groups in total. The third kappa shape index (κ3) is 5.69. The molecule has 2 aromatic carbocycles. The predicted molar refractivity (Wildman–Crippen MR) is 110 cm³/mol. The average Bonchev–Trinajstić information content (AvgIpc) is 2.75. The molecule has 0 saturated heterocycles. The maximum absolute atomic E-state index is 12.8. The molecular weight excluding hydrogens is 433 g/mol. The van der Waals surface area contributed by atoms with E-state index in [0.29, 0.717) is 37.1 Å². The maximum Gasteiger partial charge on any atom is 0.416 e. The van der Waals surface area contributed by atoms with Crippen LogP contribution in [0, 0.1) is 0 Å². The second-order valence-corrected chi connectivity index (χ2v) is 9.05. The summed E-state index contributed by atoms with van der Waals surface area (Å²) in [6, 6.07) is 7.67. The molecule has 0 spiro atoms. The number of alkyl halides is 3. The molecule has 0 bridgehead atoms. The summed E-state index contributed by atoms with van der Waals surface area (Å²) in [5, 5.41) is 0. The predicted octanol–water partition coefficient (Wildman–Crippen LogP) is 3.45. The number of hydrogen-bond donors (Lipinski definition) is 1. The van der Waals surface area contributed by atoms with Crippen LogP contribution in [0.25, 0.3) is 0 Å². The third-order valence-corrected chi connectivity index (χ3v) is 6.67. The van der Waals surface area contributed by atoms with E-state index >= 15 is 0 Å². The number of ether oxygens (including phenoxy) is 2. The highest BCUT2D eigenvalue weighted by atomic mass is 32.2. The van der Waals surface area contributed by atoms with Crippen LogP contribution in [0.1, 0.15) is 23.1 Å². The number of nitrogens with one attached hydrogen (secondary N) is 1. The zero-order valence-electron chi connectivity index (χ0n) is 17.3. The molecule has 3 rings (SSSR count). The Morgan fingerprint density at radius 2 is 1.74 bits per heavy atom. The van der Waals surface area contributed by atoms with E-state index < -0.39 is 26.7 Å². The summed E-state index contributed by atoms with van der Waals surface area (Å²) in [5.74, 6) is 1.36. The molecule has 1 aliphatic heterocycles. The second kappa shape index (κ2) is 9.46. The quantitative estimate of drug-likeness (QED) is 0.614. The standard InChI is InChI=1S/C21H25F3N2O4S/c1-29-19-11-15-7-10-26(14-16(15)12-20(19)30-2)9-4-8-25-31(27,28)18-6-3-5-17(13-18)21(22,23)24/h3,5-6,11-13,25H,4,7-10,14H2,1-2H3. The highest BCUT2D eigenvalue weighted by molar-refractivity contribution is 7.89.